The maximum absolute atomic E-state index is 12.1. The molecular formula is C20H18ClNO4. The maximum atomic E-state index is 12.1. The van der Waals surface area contributed by atoms with E-state index in [1.54, 1.807) is 54.6 Å². The minimum Gasteiger partial charge on any atom is -0.449 e. The topological polar surface area (TPSA) is 72.5 Å². The number of benzene rings is 2. The average Bonchev–Trinajstić information content (AvgIpc) is 2.60. The second-order valence-electron chi connectivity index (χ2n) is 5.59. The van der Waals surface area contributed by atoms with Crippen molar-refractivity contribution in [2.24, 2.45) is 0 Å². The van der Waals surface area contributed by atoms with Gasteiger partial charge in [0.05, 0.1) is 0 Å². The summed E-state index contributed by atoms with van der Waals surface area (Å²) in [4.78, 5) is 35.4. The number of hydrogen-bond donors (Lipinski definition) is 1. The molecule has 6 heteroatoms. The molecule has 0 bridgehead atoms. The van der Waals surface area contributed by atoms with Crippen LogP contribution in [0.5, 0.6) is 0 Å². The van der Waals surface area contributed by atoms with Crippen molar-refractivity contribution < 1.29 is 19.1 Å². The van der Waals surface area contributed by atoms with E-state index in [2.05, 4.69) is 5.32 Å². The maximum Gasteiger partial charge on any atom is 0.331 e. The molecule has 1 atom stereocenters. The fraction of sp³-hybridized carbons (Fsp3) is 0.150. The molecule has 0 aromatic heterocycles. The van der Waals surface area contributed by atoms with Crippen LogP contribution in [0.3, 0.4) is 0 Å². The number of ketones is 1. The van der Waals surface area contributed by atoms with Gasteiger partial charge in [0, 0.05) is 22.3 Å². The summed E-state index contributed by atoms with van der Waals surface area (Å²) in [5.74, 6) is -1.24. The normalized spacial score (nSPS) is 11.8. The largest absolute Gasteiger partial charge is 0.449 e. The first-order valence-corrected chi connectivity index (χ1v) is 8.29. The Morgan fingerprint density at radius 1 is 1.12 bits per heavy atom. The molecular weight excluding hydrogens is 354 g/mol. The van der Waals surface area contributed by atoms with Crippen LogP contribution in [0.1, 0.15) is 29.8 Å². The molecule has 134 valence electrons. The number of hydrogen-bond acceptors (Lipinski definition) is 4. The number of ether oxygens (including phenoxy) is 1. The Bertz CT molecular complexity index is 860. The van der Waals surface area contributed by atoms with Crippen molar-refractivity contribution >= 4 is 41.0 Å². The van der Waals surface area contributed by atoms with Gasteiger partial charge in [0.2, 0.25) is 0 Å². The highest BCUT2D eigenvalue weighted by Gasteiger charge is 2.17. The van der Waals surface area contributed by atoms with Gasteiger partial charge in [0.25, 0.3) is 5.91 Å². The molecule has 2 rings (SSSR count). The first-order chi connectivity index (χ1) is 12.3. The van der Waals surface area contributed by atoms with Gasteiger partial charge in [-0.15, -0.1) is 0 Å². The van der Waals surface area contributed by atoms with Crippen molar-refractivity contribution in [2.75, 3.05) is 5.32 Å². The molecule has 2 aromatic carbocycles. The van der Waals surface area contributed by atoms with Gasteiger partial charge in [0.15, 0.2) is 11.9 Å². The van der Waals surface area contributed by atoms with Crippen LogP contribution in [0.2, 0.25) is 5.02 Å². The predicted octanol–water partition coefficient (Wildman–Crippen LogP) is 4.13. The lowest BCUT2D eigenvalue weighted by Crippen LogP contribution is -2.29. The zero-order chi connectivity index (χ0) is 19.1. The van der Waals surface area contributed by atoms with E-state index >= 15 is 0 Å². The van der Waals surface area contributed by atoms with Crippen molar-refractivity contribution in [3.05, 3.63) is 70.8 Å². The fourth-order valence-corrected chi connectivity index (χ4v) is 2.30. The van der Waals surface area contributed by atoms with Crippen LogP contribution in [0.15, 0.2) is 54.6 Å². The van der Waals surface area contributed by atoms with Gasteiger partial charge in [-0.1, -0.05) is 35.9 Å². The summed E-state index contributed by atoms with van der Waals surface area (Å²) in [6, 6.07) is 13.5. The predicted molar refractivity (Wildman–Crippen MR) is 101 cm³/mol. The highest BCUT2D eigenvalue weighted by atomic mass is 35.5. The van der Waals surface area contributed by atoms with Gasteiger partial charge in [0.1, 0.15) is 0 Å². The van der Waals surface area contributed by atoms with Gasteiger partial charge in [-0.3, -0.25) is 9.59 Å². The lowest BCUT2D eigenvalue weighted by atomic mass is 10.1. The number of carbonyl (C=O) groups excluding carboxylic acids is 3. The van der Waals surface area contributed by atoms with E-state index in [0.717, 1.165) is 5.56 Å². The Kier molecular flexibility index (Phi) is 6.69. The quantitative estimate of drug-likeness (QED) is 0.471. The van der Waals surface area contributed by atoms with E-state index in [0.29, 0.717) is 16.3 Å². The van der Waals surface area contributed by atoms with E-state index in [1.165, 1.54) is 19.9 Å². The second kappa shape index (κ2) is 8.97. The number of amides is 1. The number of nitrogens with one attached hydrogen (secondary N) is 1. The zero-order valence-corrected chi connectivity index (χ0v) is 15.1. The Morgan fingerprint density at radius 3 is 2.54 bits per heavy atom. The Hall–Kier alpha value is -2.92. The molecule has 0 spiro atoms. The van der Waals surface area contributed by atoms with Crippen molar-refractivity contribution in [1.82, 2.24) is 0 Å². The average molecular weight is 372 g/mol. The third-order valence-electron chi connectivity index (χ3n) is 3.46. The Balaban J connectivity index is 1.93. The number of rotatable bonds is 6. The summed E-state index contributed by atoms with van der Waals surface area (Å²) in [6.07, 6.45) is 1.79. The van der Waals surface area contributed by atoms with E-state index in [4.69, 9.17) is 16.3 Å². The molecule has 2 aromatic rings. The molecule has 1 amide bonds. The monoisotopic (exact) mass is 371 g/mol. The van der Waals surface area contributed by atoms with Crippen molar-refractivity contribution in [3.63, 3.8) is 0 Å². The SMILES string of the molecule is CC(=O)c1cccc(NC(=O)[C@@H](C)OC(=O)/C=C/c2cccc(Cl)c2)c1. The highest BCUT2D eigenvalue weighted by Crippen LogP contribution is 2.13. The summed E-state index contributed by atoms with van der Waals surface area (Å²) in [5, 5.41) is 3.17. The summed E-state index contributed by atoms with van der Waals surface area (Å²) in [7, 11) is 0. The zero-order valence-electron chi connectivity index (χ0n) is 14.4. The number of anilines is 1. The third kappa shape index (κ3) is 5.86. The van der Waals surface area contributed by atoms with Crippen LogP contribution in [-0.4, -0.2) is 23.8 Å². The summed E-state index contributed by atoms with van der Waals surface area (Å²) < 4.78 is 5.08. The van der Waals surface area contributed by atoms with Crippen LogP contribution in [0, 0.1) is 0 Å². The summed E-state index contributed by atoms with van der Waals surface area (Å²) in [5.41, 5.74) is 1.68. The smallest absolute Gasteiger partial charge is 0.331 e. The number of halogens is 1. The molecule has 26 heavy (non-hydrogen) atoms. The van der Waals surface area contributed by atoms with E-state index in [9.17, 15) is 14.4 Å². The highest BCUT2D eigenvalue weighted by molar-refractivity contribution is 6.30. The fourth-order valence-electron chi connectivity index (χ4n) is 2.10. The minimum atomic E-state index is -0.993. The molecule has 0 aliphatic rings. The Morgan fingerprint density at radius 2 is 1.85 bits per heavy atom. The van der Waals surface area contributed by atoms with Crippen molar-refractivity contribution in [2.45, 2.75) is 20.0 Å². The summed E-state index contributed by atoms with van der Waals surface area (Å²) >= 11 is 5.87. The van der Waals surface area contributed by atoms with E-state index in [1.807, 2.05) is 0 Å². The standard InChI is InChI=1S/C20H18ClNO4/c1-13(23)16-6-4-8-18(12-16)22-20(25)14(2)26-19(24)10-9-15-5-3-7-17(21)11-15/h3-12,14H,1-2H3,(H,22,25)/b10-9+/t14-/m1/s1. The lowest BCUT2D eigenvalue weighted by molar-refractivity contribution is -0.148. The molecule has 0 heterocycles. The van der Waals surface area contributed by atoms with Gasteiger partial charge in [-0.2, -0.15) is 0 Å². The van der Waals surface area contributed by atoms with Crippen LogP contribution in [-0.2, 0) is 14.3 Å². The number of Topliss-reactive ketones (excluding diaryl/α,β-unsaturated/α-hetero) is 1. The molecule has 5 nitrogen and oxygen atoms in total. The van der Waals surface area contributed by atoms with Crippen molar-refractivity contribution in [1.29, 1.82) is 0 Å². The Labute approximate surface area is 156 Å². The van der Waals surface area contributed by atoms with E-state index < -0.39 is 18.0 Å². The minimum absolute atomic E-state index is 0.105. The van der Waals surface area contributed by atoms with Crippen molar-refractivity contribution in [3.8, 4) is 0 Å². The third-order valence-corrected chi connectivity index (χ3v) is 3.69. The van der Waals surface area contributed by atoms with Crippen LogP contribution < -0.4 is 5.32 Å². The number of esters is 1. The molecule has 0 unspecified atom stereocenters. The second-order valence-corrected chi connectivity index (χ2v) is 6.03. The van der Waals surface area contributed by atoms with Gasteiger partial charge in [-0.05, 0) is 49.8 Å². The first-order valence-electron chi connectivity index (χ1n) is 7.91. The molecule has 1 N–H and O–H groups in total. The van der Waals surface area contributed by atoms with Gasteiger partial charge in [-0.25, -0.2) is 4.79 Å². The molecule has 0 aliphatic carbocycles. The van der Waals surface area contributed by atoms with Gasteiger partial charge >= 0.3 is 5.97 Å². The van der Waals surface area contributed by atoms with E-state index in [-0.39, 0.29) is 5.78 Å². The lowest BCUT2D eigenvalue weighted by Gasteiger charge is -2.12. The van der Waals surface area contributed by atoms with Crippen LogP contribution >= 0.6 is 11.6 Å². The summed E-state index contributed by atoms with van der Waals surface area (Å²) in [6.45, 7) is 2.91. The number of carbonyl (C=O) groups is 3. The molecule has 0 fully saturated rings. The van der Waals surface area contributed by atoms with Gasteiger partial charge < -0.3 is 10.1 Å². The molecule has 0 aliphatic heterocycles. The first kappa shape index (κ1) is 19.4. The van der Waals surface area contributed by atoms with Crippen LogP contribution in [0.4, 0.5) is 5.69 Å². The molecule has 0 radical (unpaired) electrons. The molecule has 0 saturated carbocycles. The van der Waals surface area contributed by atoms with Crippen LogP contribution in [0.25, 0.3) is 6.08 Å². The molecule has 0 saturated heterocycles.